The molecule has 0 bridgehead atoms. The van der Waals surface area contributed by atoms with Crippen molar-refractivity contribution in [2.75, 3.05) is 48.0 Å². The van der Waals surface area contributed by atoms with Gasteiger partial charge in [-0.1, -0.05) is 18.2 Å². The van der Waals surface area contributed by atoms with Crippen molar-refractivity contribution >= 4 is 40.2 Å². The molecule has 0 unspecified atom stereocenters. The van der Waals surface area contributed by atoms with Gasteiger partial charge in [0, 0.05) is 49.0 Å². The highest BCUT2D eigenvalue weighted by molar-refractivity contribution is 7.13. The molecule has 1 aliphatic heterocycles. The fourth-order valence-corrected chi connectivity index (χ4v) is 4.42. The minimum absolute atomic E-state index is 0.118. The first kappa shape index (κ1) is 25.4. The van der Waals surface area contributed by atoms with Gasteiger partial charge in [0.2, 0.25) is 5.13 Å². The number of halogens is 3. The molecular weight excluding hydrogens is 493 g/mol. The number of nitrogens with zero attached hydrogens (tertiary/aromatic N) is 5. The molecule has 4 rings (SSSR count). The number of rotatable bonds is 8. The van der Waals surface area contributed by atoms with Gasteiger partial charge in [0.25, 0.3) is 0 Å². The van der Waals surface area contributed by atoms with Crippen molar-refractivity contribution < 1.29 is 22.7 Å². The smallest absolute Gasteiger partial charge is 0.417 e. The molecular formula is C24H25F3N6O2S. The van der Waals surface area contributed by atoms with E-state index in [-0.39, 0.29) is 12.4 Å². The standard InChI is InChI=1S/C24H25F3N6O2S/c1-2-35-22(34)13-19-16-36-23(30-19)31-29-14-17-5-3-4-6-20(17)32-9-11-33(12-10-32)21-8-7-18(15-28-21)24(25,26)27/h3-8,14-16H,2,9-13H2,1H3,(H,30,31). The number of esters is 1. The summed E-state index contributed by atoms with van der Waals surface area (Å²) in [6, 6.07) is 10.3. The number of thiazole rings is 1. The Hall–Kier alpha value is -3.67. The van der Waals surface area contributed by atoms with Crippen LogP contribution in [0.4, 0.5) is 29.8 Å². The number of benzene rings is 1. The highest BCUT2D eigenvalue weighted by Gasteiger charge is 2.31. The average molecular weight is 519 g/mol. The van der Waals surface area contributed by atoms with E-state index in [4.69, 9.17) is 4.74 Å². The van der Waals surface area contributed by atoms with Crippen LogP contribution in [0.2, 0.25) is 0 Å². The highest BCUT2D eigenvalue weighted by Crippen LogP contribution is 2.30. The van der Waals surface area contributed by atoms with Crippen LogP contribution in [-0.2, 0) is 22.1 Å². The molecule has 0 spiro atoms. The molecule has 0 saturated carbocycles. The van der Waals surface area contributed by atoms with E-state index >= 15 is 0 Å². The summed E-state index contributed by atoms with van der Waals surface area (Å²) in [5.74, 6) is 0.216. The van der Waals surface area contributed by atoms with E-state index in [0.717, 1.165) is 23.5 Å². The fraction of sp³-hybridized carbons (Fsp3) is 0.333. The third-order valence-electron chi connectivity index (χ3n) is 5.50. The van der Waals surface area contributed by atoms with Crippen LogP contribution in [0.1, 0.15) is 23.7 Å². The van der Waals surface area contributed by atoms with Crippen LogP contribution >= 0.6 is 11.3 Å². The van der Waals surface area contributed by atoms with Gasteiger partial charge < -0.3 is 14.5 Å². The Labute approximate surface area is 210 Å². The number of alkyl halides is 3. The average Bonchev–Trinajstić information content (AvgIpc) is 3.31. The summed E-state index contributed by atoms with van der Waals surface area (Å²) in [4.78, 5) is 24.1. The maximum absolute atomic E-state index is 12.8. The molecule has 1 saturated heterocycles. The molecule has 0 atom stereocenters. The quantitative estimate of drug-likeness (QED) is 0.268. The van der Waals surface area contributed by atoms with E-state index < -0.39 is 11.7 Å². The molecule has 1 aromatic carbocycles. The van der Waals surface area contributed by atoms with E-state index in [1.165, 1.54) is 17.4 Å². The van der Waals surface area contributed by atoms with Crippen molar-refractivity contribution in [2.24, 2.45) is 5.10 Å². The maximum atomic E-state index is 12.8. The monoisotopic (exact) mass is 518 g/mol. The van der Waals surface area contributed by atoms with Gasteiger partial charge in [-0.15, -0.1) is 11.3 Å². The van der Waals surface area contributed by atoms with Crippen molar-refractivity contribution in [1.82, 2.24) is 9.97 Å². The molecule has 190 valence electrons. The number of carbonyl (C=O) groups is 1. The van der Waals surface area contributed by atoms with Crippen LogP contribution < -0.4 is 15.2 Å². The van der Waals surface area contributed by atoms with Crippen LogP contribution in [-0.4, -0.2) is 54.9 Å². The van der Waals surface area contributed by atoms with Gasteiger partial charge in [0.1, 0.15) is 5.82 Å². The first-order valence-electron chi connectivity index (χ1n) is 11.3. The van der Waals surface area contributed by atoms with Crippen LogP contribution in [0.25, 0.3) is 0 Å². The molecule has 0 aliphatic carbocycles. The van der Waals surface area contributed by atoms with Crippen LogP contribution in [0.3, 0.4) is 0 Å². The first-order valence-corrected chi connectivity index (χ1v) is 12.2. The Bertz CT molecular complexity index is 1190. The number of carbonyl (C=O) groups excluding carboxylic acids is 1. The fourth-order valence-electron chi connectivity index (χ4n) is 3.76. The largest absolute Gasteiger partial charge is 0.466 e. The molecule has 0 radical (unpaired) electrons. The minimum Gasteiger partial charge on any atom is -0.466 e. The van der Waals surface area contributed by atoms with Crippen molar-refractivity contribution in [3.63, 3.8) is 0 Å². The van der Waals surface area contributed by atoms with Crippen molar-refractivity contribution in [2.45, 2.75) is 19.5 Å². The lowest BCUT2D eigenvalue weighted by atomic mass is 10.1. The number of hydrogen-bond donors (Lipinski definition) is 1. The predicted octanol–water partition coefficient (Wildman–Crippen LogP) is 4.44. The molecule has 8 nitrogen and oxygen atoms in total. The number of aromatic nitrogens is 2. The lowest BCUT2D eigenvalue weighted by Crippen LogP contribution is -2.47. The maximum Gasteiger partial charge on any atom is 0.417 e. The van der Waals surface area contributed by atoms with Gasteiger partial charge in [-0.05, 0) is 25.1 Å². The predicted molar refractivity (Wildman–Crippen MR) is 134 cm³/mol. The van der Waals surface area contributed by atoms with Crippen molar-refractivity contribution in [3.8, 4) is 0 Å². The third kappa shape index (κ3) is 6.51. The summed E-state index contributed by atoms with van der Waals surface area (Å²) >= 11 is 1.35. The normalized spacial score (nSPS) is 14.3. The topological polar surface area (TPSA) is 83.0 Å². The van der Waals surface area contributed by atoms with Gasteiger partial charge in [-0.25, -0.2) is 9.97 Å². The Kier molecular flexibility index (Phi) is 8.04. The number of para-hydroxylation sites is 1. The minimum atomic E-state index is -4.39. The lowest BCUT2D eigenvalue weighted by molar-refractivity contribution is -0.142. The summed E-state index contributed by atoms with van der Waals surface area (Å²) < 4.78 is 43.3. The second-order valence-corrected chi connectivity index (χ2v) is 8.79. The molecule has 12 heteroatoms. The molecule has 2 aromatic heterocycles. The molecule has 36 heavy (non-hydrogen) atoms. The Balaban J connectivity index is 1.34. The van der Waals surface area contributed by atoms with Gasteiger partial charge in [-0.2, -0.15) is 18.3 Å². The van der Waals surface area contributed by atoms with E-state index in [1.54, 1.807) is 18.5 Å². The molecule has 1 aliphatic rings. The molecule has 0 amide bonds. The van der Waals surface area contributed by atoms with Gasteiger partial charge in [-0.3, -0.25) is 10.2 Å². The van der Waals surface area contributed by atoms with E-state index in [9.17, 15) is 18.0 Å². The van der Waals surface area contributed by atoms with Gasteiger partial charge in [0.15, 0.2) is 0 Å². The molecule has 3 aromatic rings. The van der Waals surface area contributed by atoms with E-state index in [2.05, 4.69) is 25.4 Å². The zero-order chi connectivity index (χ0) is 25.5. The number of anilines is 3. The van der Waals surface area contributed by atoms with Crippen molar-refractivity contribution in [1.29, 1.82) is 0 Å². The summed E-state index contributed by atoms with van der Waals surface area (Å²) in [5, 5.41) is 6.66. The highest BCUT2D eigenvalue weighted by atomic mass is 32.1. The molecule has 1 N–H and O–H groups in total. The summed E-state index contributed by atoms with van der Waals surface area (Å²) in [7, 11) is 0. The number of nitrogens with one attached hydrogen (secondary N) is 1. The summed E-state index contributed by atoms with van der Waals surface area (Å²) in [6.45, 7) is 4.72. The number of piperazine rings is 1. The van der Waals surface area contributed by atoms with E-state index in [0.29, 0.717) is 49.4 Å². The summed E-state index contributed by atoms with van der Waals surface area (Å²) in [5.41, 5.74) is 4.69. The Morgan fingerprint density at radius 2 is 1.92 bits per heavy atom. The molecule has 3 heterocycles. The number of hydrazone groups is 1. The zero-order valence-corrected chi connectivity index (χ0v) is 20.3. The lowest BCUT2D eigenvalue weighted by Gasteiger charge is -2.37. The SMILES string of the molecule is CCOC(=O)Cc1csc(NN=Cc2ccccc2N2CCN(c3ccc(C(F)(F)F)cn3)CC2)n1. The molecule has 1 fully saturated rings. The van der Waals surface area contributed by atoms with Crippen LogP contribution in [0.5, 0.6) is 0 Å². The van der Waals surface area contributed by atoms with Crippen LogP contribution in [0, 0.1) is 0 Å². The number of ether oxygens (including phenoxy) is 1. The Morgan fingerprint density at radius 1 is 1.17 bits per heavy atom. The third-order valence-corrected chi connectivity index (χ3v) is 6.30. The van der Waals surface area contributed by atoms with Crippen molar-refractivity contribution in [3.05, 3.63) is 64.8 Å². The number of hydrogen-bond acceptors (Lipinski definition) is 9. The van der Waals surface area contributed by atoms with Gasteiger partial charge >= 0.3 is 12.1 Å². The zero-order valence-electron chi connectivity index (χ0n) is 19.5. The Morgan fingerprint density at radius 3 is 2.61 bits per heavy atom. The van der Waals surface area contributed by atoms with E-state index in [1.807, 2.05) is 29.2 Å². The van der Waals surface area contributed by atoms with Crippen LogP contribution in [0.15, 0.2) is 53.1 Å². The van der Waals surface area contributed by atoms with Gasteiger partial charge in [0.05, 0.1) is 30.5 Å². The number of pyridine rings is 1. The summed E-state index contributed by atoms with van der Waals surface area (Å²) in [6.07, 6.45) is -1.68. The second kappa shape index (κ2) is 11.4. The second-order valence-electron chi connectivity index (χ2n) is 7.93. The first-order chi connectivity index (χ1) is 17.3.